The van der Waals surface area contributed by atoms with Gasteiger partial charge in [0.15, 0.2) is 0 Å². The van der Waals surface area contributed by atoms with Crippen LogP contribution in [0.5, 0.6) is 0 Å². The van der Waals surface area contributed by atoms with E-state index in [4.69, 9.17) is 0 Å². The topological polar surface area (TPSA) is 0 Å². The maximum absolute atomic E-state index is 2.48. The van der Waals surface area contributed by atoms with E-state index in [0.717, 1.165) is 0 Å². The van der Waals surface area contributed by atoms with Gasteiger partial charge in [-0.3, -0.25) is 0 Å². The van der Waals surface area contributed by atoms with Gasteiger partial charge in [-0.15, -0.1) is 0 Å². The Hall–Kier alpha value is 0.799. The summed E-state index contributed by atoms with van der Waals surface area (Å²) < 4.78 is 6.06. The molecule has 1 fully saturated rings. The zero-order valence-electron chi connectivity index (χ0n) is 9.73. The summed E-state index contributed by atoms with van der Waals surface area (Å²) in [5, 5.41) is 0. The molecule has 13 heavy (non-hydrogen) atoms. The fourth-order valence-corrected chi connectivity index (χ4v) is 17.2. The molecule has 0 atom stereocenters. The van der Waals surface area contributed by atoms with Crippen molar-refractivity contribution in [2.24, 2.45) is 0 Å². The molecule has 0 N–H and O–H groups in total. The first-order chi connectivity index (χ1) is 6.29. The second kappa shape index (κ2) is 5.62. The normalized spacial score (nSPS) is 20.5. The molecule has 78 valence electrons. The Morgan fingerprint density at radius 3 is 1.69 bits per heavy atom. The van der Waals surface area contributed by atoms with Gasteiger partial charge in [0.2, 0.25) is 0 Å². The van der Waals surface area contributed by atoms with E-state index in [9.17, 15) is 0 Å². The fourth-order valence-electron chi connectivity index (χ4n) is 3.33. The van der Waals surface area contributed by atoms with Crippen LogP contribution in [0.3, 0.4) is 0 Å². The van der Waals surface area contributed by atoms with Crippen molar-refractivity contribution in [3.63, 3.8) is 0 Å². The molecule has 0 aliphatic heterocycles. The first kappa shape index (κ1) is 11.9. The molecule has 0 saturated heterocycles. The quantitative estimate of drug-likeness (QED) is 0.650. The molecular weight excluding hydrogens is 263 g/mol. The Morgan fingerprint density at radius 2 is 1.31 bits per heavy atom. The van der Waals surface area contributed by atoms with E-state index in [1.165, 1.54) is 10.4 Å². The summed E-state index contributed by atoms with van der Waals surface area (Å²) in [6.07, 6.45) is 7.82. The first-order valence-corrected chi connectivity index (χ1v) is 14.0. The van der Waals surface area contributed by atoms with Crippen molar-refractivity contribution in [1.82, 2.24) is 0 Å². The van der Waals surface area contributed by atoms with Crippen LogP contribution in [0.4, 0.5) is 0 Å². The number of hydrogen-bond donors (Lipinski definition) is 0. The maximum atomic E-state index is 2.48. The SMILES string of the molecule is C[CH2][Sn]([CH2]C)([CH2]C)[CH]1CCCCC1. The molecule has 1 rings (SSSR count). The molecule has 1 heteroatoms. The summed E-state index contributed by atoms with van der Waals surface area (Å²) in [4.78, 5) is 0. The van der Waals surface area contributed by atoms with Gasteiger partial charge in [-0.1, -0.05) is 0 Å². The van der Waals surface area contributed by atoms with E-state index in [1.807, 2.05) is 0 Å². The third-order valence-corrected chi connectivity index (χ3v) is 23.2. The second-order valence-corrected chi connectivity index (χ2v) is 20.9. The van der Waals surface area contributed by atoms with Gasteiger partial charge in [-0.25, -0.2) is 0 Å². The van der Waals surface area contributed by atoms with Gasteiger partial charge >= 0.3 is 88.5 Å². The molecule has 0 nitrogen and oxygen atoms in total. The van der Waals surface area contributed by atoms with E-state index in [0.29, 0.717) is 0 Å². The molecule has 1 aliphatic rings. The average Bonchev–Trinajstić information content (AvgIpc) is 2.23. The summed E-state index contributed by atoms with van der Waals surface area (Å²) in [6, 6.07) is 0. The Bertz CT molecular complexity index is 124. The Morgan fingerprint density at radius 1 is 0.846 bits per heavy atom. The van der Waals surface area contributed by atoms with E-state index in [1.54, 1.807) is 39.0 Å². The molecule has 0 aromatic rings. The van der Waals surface area contributed by atoms with Crippen molar-refractivity contribution in [2.75, 3.05) is 0 Å². The van der Waals surface area contributed by atoms with E-state index >= 15 is 0 Å². The van der Waals surface area contributed by atoms with Gasteiger partial charge in [0.25, 0.3) is 0 Å². The average molecular weight is 289 g/mol. The van der Waals surface area contributed by atoms with Crippen molar-refractivity contribution in [3.8, 4) is 0 Å². The van der Waals surface area contributed by atoms with E-state index in [2.05, 4.69) is 20.8 Å². The van der Waals surface area contributed by atoms with Crippen LogP contribution in [0, 0.1) is 0 Å². The second-order valence-electron chi connectivity index (χ2n) is 4.76. The van der Waals surface area contributed by atoms with Crippen molar-refractivity contribution >= 4 is 18.4 Å². The fraction of sp³-hybridized carbons (Fsp3) is 1.00. The molecule has 0 aromatic carbocycles. The van der Waals surface area contributed by atoms with Crippen LogP contribution >= 0.6 is 0 Å². The Balaban J connectivity index is 2.60. The van der Waals surface area contributed by atoms with Crippen molar-refractivity contribution in [3.05, 3.63) is 0 Å². The zero-order chi connectivity index (χ0) is 9.73. The molecule has 0 spiro atoms. The van der Waals surface area contributed by atoms with Gasteiger partial charge in [-0.2, -0.15) is 0 Å². The van der Waals surface area contributed by atoms with Crippen molar-refractivity contribution in [1.29, 1.82) is 0 Å². The van der Waals surface area contributed by atoms with Crippen LogP contribution in [-0.4, -0.2) is 18.4 Å². The molecule has 0 aromatic heterocycles. The van der Waals surface area contributed by atoms with Crippen molar-refractivity contribution in [2.45, 2.75) is 70.1 Å². The molecule has 0 amide bonds. The summed E-state index contributed by atoms with van der Waals surface area (Å²) in [5.41, 5.74) is 0. The van der Waals surface area contributed by atoms with Crippen LogP contribution in [0.15, 0.2) is 0 Å². The Kier molecular flexibility index (Phi) is 5.14. The third-order valence-electron chi connectivity index (χ3n) is 4.58. The summed E-state index contributed by atoms with van der Waals surface area (Å²) in [6.45, 7) is 7.45. The van der Waals surface area contributed by atoms with Crippen molar-refractivity contribution < 1.29 is 0 Å². The predicted octanol–water partition coefficient (Wildman–Crippen LogP) is 4.83. The third kappa shape index (κ3) is 2.64. The molecule has 0 heterocycles. The molecule has 1 saturated carbocycles. The van der Waals surface area contributed by atoms with Gasteiger partial charge in [0, 0.05) is 0 Å². The standard InChI is InChI=1S/C6H11.3C2H5.Sn/c1-2-4-6-5-3-1;3*1-2;/h1H,2-6H2;3*1H2,2H3;. The summed E-state index contributed by atoms with van der Waals surface area (Å²) in [5.74, 6) is 0. The van der Waals surface area contributed by atoms with Gasteiger partial charge < -0.3 is 0 Å². The molecule has 0 bridgehead atoms. The van der Waals surface area contributed by atoms with Gasteiger partial charge in [0.05, 0.1) is 0 Å². The summed E-state index contributed by atoms with van der Waals surface area (Å²) >= 11 is -1.59. The molecular formula is C12H26Sn. The molecule has 0 radical (unpaired) electrons. The molecule has 0 unspecified atom stereocenters. The Labute approximate surface area is 88.4 Å². The zero-order valence-corrected chi connectivity index (χ0v) is 12.6. The predicted molar refractivity (Wildman–Crippen MR) is 64.0 cm³/mol. The van der Waals surface area contributed by atoms with Crippen LogP contribution in [-0.2, 0) is 0 Å². The number of hydrogen-bond acceptors (Lipinski definition) is 0. The van der Waals surface area contributed by atoms with E-state index < -0.39 is 18.4 Å². The molecule has 1 aliphatic carbocycles. The summed E-state index contributed by atoms with van der Waals surface area (Å²) in [7, 11) is 0. The van der Waals surface area contributed by atoms with Crippen LogP contribution < -0.4 is 0 Å². The van der Waals surface area contributed by atoms with Crippen LogP contribution in [0.1, 0.15) is 52.9 Å². The van der Waals surface area contributed by atoms with E-state index in [-0.39, 0.29) is 0 Å². The monoisotopic (exact) mass is 290 g/mol. The van der Waals surface area contributed by atoms with Gasteiger partial charge in [0.1, 0.15) is 0 Å². The minimum absolute atomic E-state index is 1.25. The van der Waals surface area contributed by atoms with Gasteiger partial charge in [-0.05, 0) is 0 Å². The van der Waals surface area contributed by atoms with Crippen LogP contribution in [0.2, 0.25) is 17.2 Å². The van der Waals surface area contributed by atoms with Crippen LogP contribution in [0.25, 0.3) is 0 Å². The minimum atomic E-state index is -1.59. The number of rotatable bonds is 4. The first-order valence-electron chi connectivity index (χ1n) is 6.29.